The summed E-state index contributed by atoms with van der Waals surface area (Å²) in [4.78, 5) is 10.0. The normalized spacial score (nSPS) is 11.1. The van der Waals surface area contributed by atoms with Crippen LogP contribution in [0.25, 0.3) is 21.3 Å². The summed E-state index contributed by atoms with van der Waals surface area (Å²) in [6, 6.07) is 16.6. The lowest BCUT2D eigenvalue weighted by Crippen LogP contribution is -1.87. The summed E-state index contributed by atoms with van der Waals surface area (Å²) in [7, 11) is 0. The SMILES string of the molecule is Cc1ccc(-c2csc3ncnc(SCc4ccc(Cl)cc4)c23)cc1. The summed E-state index contributed by atoms with van der Waals surface area (Å²) < 4.78 is 0. The van der Waals surface area contributed by atoms with Crippen LogP contribution in [0.5, 0.6) is 0 Å². The van der Waals surface area contributed by atoms with E-state index in [-0.39, 0.29) is 0 Å². The van der Waals surface area contributed by atoms with Crippen LogP contribution in [0.3, 0.4) is 0 Å². The highest BCUT2D eigenvalue weighted by molar-refractivity contribution is 7.98. The minimum Gasteiger partial charge on any atom is -0.229 e. The van der Waals surface area contributed by atoms with Gasteiger partial charge in [-0.3, -0.25) is 0 Å². The molecule has 0 saturated carbocycles. The highest BCUT2D eigenvalue weighted by Gasteiger charge is 2.13. The zero-order valence-corrected chi connectivity index (χ0v) is 16.0. The molecule has 0 bridgehead atoms. The van der Waals surface area contributed by atoms with Gasteiger partial charge in [0.15, 0.2) is 0 Å². The molecule has 0 unspecified atom stereocenters. The van der Waals surface area contributed by atoms with Gasteiger partial charge < -0.3 is 0 Å². The van der Waals surface area contributed by atoms with Gasteiger partial charge in [-0.15, -0.1) is 23.1 Å². The van der Waals surface area contributed by atoms with E-state index in [0.29, 0.717) is 0 Å². The molecule has 0 aliphatic heterocycles. The number of thioether (sulfide) groups is 1. The van der Waals surface area contributed by atoms with Crippen molar-refractivity contribution in [2.24, 2.45) is 0 Å². The number of aryl methyl sites for hydroxylation is 1. The molecule has 25 heavy (non-hydrogen) atoms. The minimum atomic E-state index is 0.762. The number of nitrogens with zero attached hydrogens (tertiary/aromatic N) is 2. The van der Waals surface area contributed by atoms with Gasteiger partial charge in [0.05, 0.1) is 5.39 Å². The standard InChI is InChI=1S/C20H15ClN2S2/c1-13-2-6-15(7-3-13)17-11-25-20-18(17)19(22-12-23-20)24-10-14-4-8-16(21)9-5-14/h2-9,11-12H,10H2,1H3. The fourth-order valence-electron chi connectivity index (χ4n) is 2.64. The molecule has 0 amide bonds. The third-order valence-corrected chi connectivity index (χ3v) is 6.19. The average molecular weight is 383 g/mol. The molecule has 0 atom stereocenters. The van der Waals surface area contributed by atoms with Gasteiger partial charge >= 0.3 is 0 Å². The summed E-state index contributed by atoms with van der Waals surface area (Å²) in [6.45, 7) is 2.10. The molecule has 0 saturated heterocycles. The summed E-state index contributed by atoms with van der Waals surface area (Å²) in [5, 5.41) is 5.11. The number of hydrogen-bond donors (Lipinski definition) is 0. The molecular formula is C20H15ClN2S2. The molecule has 0 aliphatic rings. The molecule has 0 spiro atoms. The highest BCUT2D eigenvalue weighted by atomic mass is 35.5. The van der Waals surface area contributed by atoms with Crippen molar-refractivity contribution in [2.45, 2.75) is 17.7 Å². The fraction of sp³-hybridized carbons (Fsp3) is 0.100. The third-order valence-electron chi connectivity index (χ3n) is 3.99. The van der Waals surface area contributed by atoms with Gasteiger partial charge in [-0.2, -0.15) is 0 Å². The average Bonchev–Trinajstić information content (AvgIpc) is 3.07. The molecule has 0 aliphatic carbocycles. The minimum absolute atomic E-state index is 0.762. The molecule has 2 heterocycles. The van der Waals surface area contributed by atoms with Gasteiger partial charge in [0.25, 0.3) is 0 Å². The van der Waals surface area contributed by atoms with Crippen LogP contribution in [-0.2, 0) is 5.75 Å². The van der Waals surface area contributed by atoms with Crippen molar-refractivity contribution in [3.8, 4) is 11.1 Å². The maximum atomic E-state index is 5.97. The maximum absolute atomic E-state index is 5.97. The van der Waals surface area contributed by atoms with Crippen molar-refractivity contribution in [2.75, 3.05) is 0 Å². The van der Waals surface area contributed by atoms with Crippen LogP contribution in [-0.4, -0.2) is 9.97 Å². The predicted octanol–water partition coefficient (Wildman–Crippen LogP) is 6.61. The van der Waals surface area contributed by atoms with Crippen LogP contribution < -0.4 is 0 Å². The van der Waals surface area contributed by atoms with Gasteiger partial charge in [-0.25, -0.2) is 9.97 Å². The number of thiophene rings is 1. The highest BCUT2D eigenvalue weighted by Crippen LogP contribution is 2.38. The van der Waals surface area contributed by atoms with Crippen molar-refractivity contribution in [3.63, 3.8) is 0 Å². The van der Waals surface area contributed by atoms with E-state index in [1.807, 2.05) is 12.1 Å². The Morgan fingerprint density at radius 1 is 1.00 bits per heavy atom. The van der Waals surface area contributed by atoms with Crippen LogP contribution in [0, 0.1) is 6.92 Å². The van der Waals surface area contributed by atoms with Crippen LogP contribution >= 0.6 is 34.7 Å². The van der Waals surface area contributed by atoms with Crippen LogP contribution in [0.1, 0.15) is 11.1 Å². The van der Waals surface area contributed by atoms with Crippen molar-refractivity contribution < 1.29 is 0 Å². The van der Waals surface area contributed by atoms with Gasteiger partial charge in [-0.1, -0.05) is 53.6 Å². The lowest BCUT2D eigenvalue weighted by Gasteiger charge is -2.06. The Bertz CT molecular complexity index is 1010. The first-order chi connectivity index (χ1) is 12.2. The number of rotatable bonds is 4. The first-order valence-electron chi connectivity index (χ1n) is 7.87. The second kappa shape index (κ2) is 7.16. The topological polar surface area (TPSA) is 25.8 Å². The zero-order chi connectivity index (χ0) is 17.2. The molecule has 4 aromatic rings. The third kappa shape index (κ3) is 3.56. The monoisotopic (exact) mass is 382 g/mol. The number of hydrogen-bond acceptors (Lipinski definition) is 4. The zero-order valence-electron chi connectivity index (χ0n) is 13.6. The summed E-state index contributed by atoms with van der Waals surface area (Å²) in [5.74, 6) is 0.854. The summed E-state index contributed by atoms with van der Waals surface area (Å²) >= 11 is 9.37. The molecular weight excluding hydrogens is 368 g/mol. The smallest absolute Gasteiger partial charge is 0.128 e. The Morgan fingerprint density at radius 3 is 2.52 bits per heavy atom. The number of benzene rings is 2. The van der Waals surface area contributed by atoms with E-state index in [4.69, 9.17) is 11.6 Å². The van der Waals surface area contributed by atoms with E-state index in [2.05, 4.69) is 58.7 Å². The number of aromatic nitrogens is 2. The number of halogens is 1. The number of fused-ring (bicyclic) bond motifs is 1. The van der Waals surface area contributed by atoms with Crippen LogP contribution in [0.4, 0.5) is 0 Å². The van der Waals surface area contributed by atoms with Gasteiger partial charge in [0.2, 0.25) is 0 Å². The molecule has 0 fully saturated rings. The van der Waals surface area contributed by atoms with Crippen molar-refractivity contribution in [1.82, 2.24) is 9.97 Å². The Kier molecular flexibility index (Phi) is 4.75. The van der Waals surface area contributed by atoms with Crippen molar-refractivity contribution in [3.05, 3.63) is 76.4 Å². The molecule has 0 radical (unpaired) electrons. The van der Waals surface area contributed by atoms with Crippen molar-refractivity contribution in [1.29, 1.82) is 0 Å². The summed E-state index contributed by atoms with van der Waals surface area (Å²) in [6.07, 6.45) is 1.65. The lowest BCUT2D eigenvalue weighted by atomic mass is 10.1. The molecule has 2 aromatic heterocycles. The fourth-order valence-corrected chi connectivity index (χ4v) is 4.71. The van der Waals surface area contributed by atoms with Crippen LogP contribution in [0.2, 0.25) is 5.02 Å². The van der Waals surface area contributed by atoms with Gasteiger partial charge in [-0.05, 0) is 30.2 Å². The largest absolute Gasteiger partial charge is 0.229 e. The lowest BCUT2D eigenvalue weighted by molar-refractivity contribution is 1.11. The first kappa shape index (κ1) is 16.6. The van der Waals surface area contributed by atoms with Gasteiger partial charge in [0.1, 0.15) is 16.2 Å². The Labute approximate surface area is 159 Å². The molecule has 124 valence electrons. The van der Waals surface area contributed by atoms with E-state index in [0.717, 1.165) is 26.0 Å². The maximum Gasteiger partial charge on any atom is 0.128 e. The Hall–Kier alpha value is -1.88. The van der Waals surface area contributed by atoms with Crippen molar-refractivity contribution >= 4 is 44.9 Å². The Balaban J connectivity index is 1.70. The van der Waals surface area contributed by atoms with E-state index in [1.165, 1.54) is 22.3 Å². The molecule has 5 heteroatoms. The molecule has 4 rings (SSSR count). The van der Waals surface area contributed by atoms with E-state index in [9.17, 15) is 0 Å². The first-order valence-corrected chi connectivity index (χ1v) is 10.1. The summed E-state index contributed by atoms with van der Waals surface area (Å²) in [5.41, 5.74) is 4.91. The Morgan fingerprint density at radius 2 is 1.76 bits per heavy atom. The van der Waals surface area contributed by atoms with E-state index in [1.54, 1.807) is 29.4 Å². The second-order valence-electron chi connectivity index (χ2n) is 5.79. The molecule has 0 N–H and O–H groups in total. The molecule has 2 aromatic carbocycles. The van der Waals surface area contributed by atoms with Gasteiger partial charge in [0, 0.05) is 21.7 Å². The quantitative estimate of drug-likeness (QED) is 0.293. The predicted molar refractivity (Wildman–Crippen MR) is 109 cm³/mol. The molecule has 2 nitrogen and oxygen atoms in total. The van der Waals surface area contributed by atoms with E-state index < -0.39 is 0 Å². The second-order valence-corrected chi connectivity index (χ2v) is 8.05. The van der Waals surface area contributed by atoms with E-state index >= 15 is 0 Å². The van der Waals surface area contributed by atoms with Crippen LogP contribution in [0.15, 0.2) is 65.3 Å².